The summed E-state index contributed by atoms with van der Waals surface area (Å²) in [6, 6.07) is 10.3. The van der Waals surface area contributed by atoms with Gasteiger partial charge in [-0.1, -0.05) is 0 Å². The maximum atomic E-state index is 12.6. The van der Waals surface area contributed by atoms with E-state index in [-0.39, 0.29) is 27.8 Å². The summed E-state index contributed by atoms with van der Waals surface area (Å²) in [4.78, 5) is -0.261. The second kappa shape index (κ2) is 7.12. The van der Waals surface area contributed by atoms with Gasteiger partial charge in [-0.15, -0.1) is 0 Å². The van der Waals surface area contributed by atoms with Crippen molar-refractivity contribution >= 4 is 29.9 Å². The number of benzene rings is 2. The minimum atomic E-state index is -3.94. The van der Waals surface area contributed by atoms with E-state index < -0.39 is 35.1 Å². The molecule has 1 aliphatic heterocycles. The number of sulfonamides is 2. The fourth-order valence-electron chi connectivity index (χ4n) is 2.70. The number of ether oxygens (including phenoxy) is 1. The molecule has 0 saturated carbocycles. The molecule has 1 aliphatic rings. The summed E-state index contributed by atoms with van der Waals surface area (Å²) >= 11 is 0. The number of nitrogens with two attached hydrogens (primary N) is 1. The van der Waals surface area contributed by atoms with Crippen LogP contribution >= 0.6 is 0 Å². The Morgan fingerprint density at radius 1 is 0.821 bits per heavy atom. The molecule has 1 saturated heterocycles. The Morgan fingerprint density at radius 2 is 1.29 bits per heavy atom. The molecule has 0 atom stereocenters. The zero-order valence-electron chi connectivity index (χ0n) is 14.7. The fourth-order valence-corrected chi connectivity index (χ4v) is 6.59. The van der Waals surface area contributed by atoms with Crippen LogP contribution in [0.2, 0.25) is 0 Å². The number of hydrogen-bond donors (Lipinski definition) is 1. The van der Waals surface area contributed by atoms with Gasteiger partial charge >= 0.3 is 0 Å². The van der Waals surface area contributed by atoms with Gasteiger partial charge in [0.05, 0.1) is 27.0 Å². The van der Waals surface area contributed by atoms with Gasteiger partial charge in [-0.05, 0) is 48.5 Å². The second-order valence-corrected chi connectivity index (χ2v) is 11.9. The van der Waals surface area contributed by atoms with E-state index >= 15 is 0 Å². The van der Waals surface area contributed by atoms with Crippen LogP contribution in [0.3, 0.4) is 0 Å². The zero-order chi connectivity index (χ0) is 20.7. The third-order valence-corrected chi connectivity index (χ3v) is 9.31. The van der Waals surface area contributed by atoms with E-state index in [2.05, 4.69) is 0 Å². The molecule has 3 rings (SSSR count). The number of nitrogens with zero attached hydrogens (tertiary/aromatic N) is 1. The zero-order valence-corrected chi connectivity index (χ0v) is 17.2. The quantitative estimate of drug-likeness (QED) is 0.668. The van der Waals surface area contributed by atoms with Crippen molar-refractivity contribution in [1.29, 1.82) is 0 Å². The number of hydrogen-bond acceptors (Lipinski definition) is 7. The first-order valence-corrected chi connectivity index (χ1v) is 12.5. The highest BCUT2D eigenvalue weighted by atomic mass is 32.2. The van der Waals surface area contributed by atoms with Crippen LogP contribution < -0.4 is 9.88 Å². The van der Waals surface area contributed by atoms with E-state index in [1.54, 1.807) is 0 Å². The predicted molar refractivity (Wildman–Crippen MR) is 101 cm³/mol. The highest BCUT2D eigenvalue weighted by Crippen LogP contribution is 2.29. The summed E-state index contributed by atoms with van der Waals surface area (Å²) in [5.41, 5.74) is 0. The summed E-state index contributed by atoms with van der Waals surface area (Å²) < 4.78 is 79.0. The average Bonchev–Trinajstić information content (AvgIpc) is 2.59. The minimum Gasteiger partial charge on any atom is -0.497 e. The topological polar surface area (TPSA) is 141 Å². The largest absolute Gasteiger partial charge is 0.497 e. The smallest absolute Gasteiger partial charge is 0.243 e. The first-order valence-electron chi connectivity index (χ1n) is 7.97. The lowest BCUT2D eigenvalue weighted by Crippen LogP contribution is -2.56. The van der Waals surface area contributed by atoms with Crippen molar-refractivity contribution in [1.82, 2.24) is 4.31 Å². The Labute approximate surface area is 163 Å². The Kier molecular flexibility index (Phi) is 5.27. The van der Waals surface area contributed by atoms with Gasteiger partial charge in [-0.2, -0.15) is 4.31 Å². The monoisotopic (exact) mass is 446 g/mol. The van der Waals surface area contributed by atoms with Gasteiger partial charge in [-0.25, -0.2) is 30.4 Å². The van der Waals surface area contributed by atoms with E-state index in [1.807, 2.05) is 0 Å². The molecule has 0 bridgehead atoms. The van der Waals surface area contributed by atoms with Gasteiger partial charge in [0, 0.05) is 13.1 Å². The molecule has 0 aromatic heterocycles. The second-order valence-electron chi connectivity index (χ2n) is 6.18. The molecule has 28 heavy (non-hydrogen) atoms. The molecule has 1 heterocycles. The molecule has 2 aromatic rings. The summed E-state index contributed by atoms with van der Waals surface area (Å²) in [7, 11) is -10.1. The van der Waals surface area contributed by atoms with Crippen LogP contribution in [-0.2, 0) is 29.9 Å². The number of rotatable bonds is 6. The van der Waals surface area contributed by atoms with Gasteiger partial charge in [0.1, 0.15) is 5.75 Å². The van der Waals surface area contributed by atoms with E-state index in [0.29, 0.717) is 5.75 Å². The van der Waals surface area contributed by atoms with E-state index in [0.717, 1.165) is 28.6 Å². The van der Waals surface area contributed by atoms with Crippen LogP contribution in [-0.4, -0.2) is 55.0 Å². The van der Waals surface area contributed by atoms with Crippen molar-refractivity contribution in [3.05, 3.63) is 48.5 Å². The Hall–Kier alpha value is -1.99. The summed E-state index contributed by atoms with van der Waals surface area (Å²) in [6.45, 7) is -0.374. The summed E-state index contributed by atoms with van der Waals surface area (Å²) in [6.07, 6.45) is 0. The molecular weight excluding hydrogens is 428 g/mol. The molecule has 0 amide bonds. The Bertz CT molecular complexity index is 1180. The van der Waals surface area contributed by atoms with Crippen molar-refractivity contribution in [3.63, 3.8) is 0 Å². The Morgan fingerprint density at radius 3 is 1.75 bits per heavy atom. The average molecular weight is 447 g/mol. The molecule has 2 aromatic carbocycles. The maximum Gasteiger partial charge on any atom is 0.243 e. The molecule has 0 unspecified atom stereocenters. The van der Waals surface area contributed by atoms with Gasteiger partial charge in [0.2, 0.25) is 20.0 Å². The van der Waals surface area contributed by atoms with Crippen LogP contribution in [0, 0.1) is 0 Å². The van der Waals surface area contributed by atoms with Crippen molar-refractivity contribution in [3.8, 4) is 5.75 Å². The normalized spacial score (nSPS) is 16.5. The molecule has 0 aliphatic carbocycles. The van der Waals surface area contributed by atoms with Crippen LogP contribution in [0.25, 0.3) is 0 Å². The Balaban J connectivity index is 1.75. The number of sulfone groups is 1. The molecule has 1 fully saturated rings. The van der Waals surface area contributed by atoms with Crippen LogP contribution in [0.4, 0.5) is 0 Å². The van der Waals surface area contributed by atoms with Crippen molar-refractivity contribution in [2.45, 2.75) is 19.9 Å². The lowest BCUT2D eigenvalue weighted by atomic mass is 10.3. The summed E-state index contributed by atoms with van der Waals surface area (Å²) in [5, 5.41) is 4.13. The molecule has 2 N–H and O–H groups in total. The van der Waals surface area contributed by atoms with Gasteiger partial charge in [0.25, 0.3) is 0 Å². The number of primary sulfonamides is 1. The van der Waals surface area contributed by atoms with Gasteiger partial charge < -0.3 is 4.74 Å². The molecular formula is C16H18N2O7S3. The number of methoxy groups -OCH3 is 1. The molecule has 9 nitrogen and oxygen atoms in total. The molecule has 0 spiro atoms. The van der Waals surface area contributed by atoms with E-state index in [1.165, 1.54) is 31.4 Å². The third-order valence-electron chi connectivity index (χ3n) is 4.43. The first-order chi connectivity index (χ1) is 13.0. The highest BCUT2D eigenvalue weighted by Gasteiger charge is 2.44. The first kappa shape index (κ1) is 20.7. The third kappa shape index (κ3) is 3.78. The highest BCUT2D eigenvalue weighted by molar-refractivity contribution is 7.92. The van der Waals surface area contributed by atoms with Crippen LogP contribution in [0.15, 0.2) is 63.2 Å². The predicted octanol–water partition coefficient (Wildman–Crippen LogP) is 0.189. The molecule has 152 valence electrons. The van der Waals surface area contributed by atoms with Gasteiger partial charge in [-0.3, -0.25) is 0 Å². The van der Waals surface area contributed by atoms with Crippen LogP contribution in [0.5, 0.6) is 5.75 Å². The summed E-state index contributed by atoms with van der Waals surface area (Å²) in [5.74, 6) is 0.514. The van der Waals surface area contributed by atoms with Gasteiger partial charge in [0.15, 0.2) is 9.84 Å². The van der Waals surface area contributed by atoms with E-state index in [4.69, 9.17) is 9.88 Å². The fraction of sp³-hybridized carbons (Fsp3) is 0.250. The molecule has 0 radical (unpaired) electrons. The van der Waals surface area contributed by atoms with Crippen molar-refractivity contribution < 1.29 is 30.0 Å². The lowest BCUT2D eigenvalue weighted by Gasteiger charge is -2.37. The van der Waals surface area contributed by atoms with Crippen LogP contribution in [0.1, 0.15) is 0 Å². The molecule has 12 heteroatoms. The van der Waals surface area contributed by atoms with E-state index in [9.17, 15) is 25.3 Å². The van der Waals surface area contributed by atoms with Crippen molar-refractivity contribution in [2.75, 3.05) is 20.2 Å². The standard InChI is InChI=1S/C16H18N2O7S3/c1-25-12-2-4-13(5-3-12)26(19,20)16-10-18(11-16)28(23,24)15-8-6-14(7-9-15)27(17,21)22/h2-9,16H,10-11H2,1H3,(H2,17,21,22). The lowest BCUT2D eigenvalue weighted by molar-refractivity contribution is 0.309. The SMILES string of the molecule is COc1ccc(S(=O)(=O)C2CN(S(=O)(=O)c3ccc(S(N)(=O)=O)cc3)C2)cc1. The minimum absolute atomic E-state index is 0.0906. The maximum absolute atomic E-state index is 12.6. The van der Waals surface area contributed by atoms with Crippen molar-refractivity contribution in [2.24, 2.45) is 5.14 Å².